The summed E-state index contributed by atoms with van der Waals surface area (Å²) in [5, 5.41) is 2.76. The van der Waals surface area contributed by atoms with Crippen LogP contribution in [0.25, 0.3) is 0 Å². The number of nitrogens with zero attached hydrogens (tertiary/aromatic N) is 1. The summed E-state index contributed by atoms with van der Waals surface area (Å²) < 4.78 is 0. The summed E-state index contributed by atoms with van der Waals surface area (Å²) in [7, 11) is 0. The van der Waals surface area contributed by atoms with E-state index in [2.05, 4.69) is 10.3 Å². The van der Waals surface area contributed by atoms with Gasteiger partial charge in [-0.05, 0) is 25.3 Å². The Labute approximate surface area is 123 Å². The van der Waals surface area contributed by atoms with Crippen molar-refractivity contribution in [3.8, 4) is 0 Å². The van der Waals surface area contributed by atoms with Gasteiger partial charge in [0.1, 0.15) is 11.8 Å². The third-order valence-corrected chi connectivity index (χ3v) is 4.32. The lowest BCUT2D eigenvalue weighted by Crippen LogP contribution is -2.57. The Hall–Kier alpha value is -2.01. The minimum atomic E-state index is -0.862. The second-order valence-corrected chi connectivity index (χ2v) is 6.00. The van der Waals surface area contributed by atoms with Gasteiger partial charge in [0, 0.05) is 0 Å². The number of amides is 2. The van der Waals surface area contributed by atoms with Gasteiger partial charge in [-0.3, -0.25) is 9.59 Å². The number of hydrogen-bond acceptors (Lipinski definition) is 3. The van der Waals surface area contributed by atoms with Crippen molar-refractivity contribution < 1.29 is 9.59 Å². The second-order valence-electron chi connectivity index (χ2n) is 6.00. The number of nitrogens with one attached hydrogen (secondary N) is 1. The lowest BCUT2D eigenvalue weighted by Gasteiger charge is -2.30. The maximum Gasteiger partial charge on any atom is 0.264 e. The van der Waals surface area contributed by atoms with Crippen LogP contribution >= 0.6 is 0 Å². The van der Waals surface area contributed by atoms with Crippen LogP contribution in [0.2, 0.25) is 0 Å². The van der Waals surface area contributed by atoms with Gasteiger partial charge in [-0.15, -0.1) is 0 Å². The molecule has 1 fully saturated rings. The first-order valence-electron chi connectivity index (χ1n) is 7.29. The molecule has 5 nitrogen and oxygen atoms in total. The number of benzene rings is 1. The van der Waals surface area contributed by atoms with Crippen LogP contribution in [0.4, 0.5) is 0 Å². The minimum Gasteiger partial charge on any atom is -0.319 e. The van der Waals surface area contributed by atoms with E-state index < -0.39 is 17.4 Å². The monoisotopic (exact) mass is 285 g/mol. The maximum absolute atomic E-state index is 12.4. The summed E-state index contributed by atoms with van der Waals surface area (Å²) in [6.07, 6.45) is 3.52. The van der Waals surface area contributed by atoms with Crippen LogP contribution in [0, 0.1) is 6.92 Å². The zero-order valence-electron chi connectivity index (χ0n) is 12.1. The molecule has 2 amide bonds. The first-order chi connectivity index (χ1) is 9.99. The van der Waals surface area contributed by atoms with E-state index in [9.17, 15) is 9.59 Å². The summed E-state index contributed by atoms with van der Waals surface area (Å²) in [6, 6.07) is 7.39. The van der Waals surface area contributed by atoms with Crippen molar-refractivity contribution >= 4 is 17.6 Å². The Morgan fingerprint density at radius 2 is 2.00 bits per heavy atom. The highest BCUT2D eigenvalue weighted by Crippen LogP contribution is 2.30. The van der Waals surface area contributed by atoms with Crippen LogP contribution in [-0.2, 0) is 9.59 Å². The topological polar surface area (TPSA) is 84.6 Å². The number of amidine groups is 1. The number of aryl methyl sites for hydroxylation is 1. The number of nitrogens with two attached hydrogens (primary N) is 1. The van der Waals surface area contributed by atoms with E-state index in [0.717, 1.165) is 31.2 Å². The van der Waals surface area contributed by atoms with Gasteiger partial charge in [0.15, 0.2) is 0 Å². The molecule has 5 heteroatoms. The fourth-order valence-corrected chi connectivity index (χ4v) is 3.13. The van der Waals surface area contributed by atoms with E-state index in [1.807, 2.05) is 25.1 Å². The number of carbonyl (C=O) groups excluding carboxylic acids is 2. The van der Waals surface area contributed by atoms with Crippen LogP contribution < -0.4 is 11.1 Å². The molecule has 1 saturated carbocycles. The van der Waals surface area contributed by atoms with Crippen molar-refractivity contribution in [3.63, 3.8) is 0 Å². The first-order valence-corrected chi connectivity index (χ1v) is 7.29. The number of rotatable bonds is 2. The maximum atomic E-state index is 12.4. The van der Waals surface area contributed by atoms with Crippen LogP contribution in [-0.4, -0.2) is 23.2 Å². The van der Waals surface area contributed by atoms with Crippen LogP contribution in [0.3, 0.4) is 0 Å². The molecular weight excluding hydrogens is 266 g/mol. The summed E-state index contributed by atoms with van der Waals surface area (Å²) in [6.45, 7) is 1.93. The van der Waals surface area contributed by atoms with Crippen LogP contribution in [0.1, 0.15) is 42.7 Å². The van der Waals surface area contributed by atoms with E-state index in [1.54, 1.807) is 6.07 Å². The van der Waals surface area contributed by atoms with E-state index in [1.165, 1.54) is 0 Å². The van der Waals surface area contributed by atoms with E-state index >= 15 is 0 Å². The molecule has 21 heavy (non-hydrogen) atoms. The predicted octanol–water partition coefficient (Wildman–Crippen LogP) is 1.41. The molecule has 1 aliphatic heterocycles. The molecule has 1 heterocycles. The SMILES string of the molecule is Cc1cccc(C2C(=O)N=C(C3(N)CCCC3)NC2=O)c1. The van der Waals surface area contributed by atoms with Gasteiger partial charge in [0.05, 0.1) is 5.54 Å². The van der Waals surface area contributed by atoms with Crippen molar-refractivity contribution in [2.45, 2.75) is 44.1 Å². The Morgan fingerprint density at radius 1 is 1.29 bits per heavy atom. The Balaban J connectivity index is 1.92. The summed E-state index contributed by atoms with van der Waals surface area (Å²) in [5.74, 6) is -1.26. The number of hydrogen-bond donors (Lipinski definition) is 2. The van der Waals surface area contributed by atoms with Gasteiger partial charge in [0.2, 0.25) is 5.91 Å². The molecule has 0 saturated heterocycles. The molecule has 110 valence electrons. The fraction of sp³-hybridized carbons (Fsp3) is 0.438. The van der Waals surface area contributed by atoms with E-state index in [-0.39, 0.29) is 5.91 Å². The van der Waals surface area contributed by atoms with Crippen LogP contribution in [0.5, 0.6) is 0 Å². The van der Waals surface area contributed by atoms with Crippen molar-refractivity contribution in [1.82, 2.24) is 5.32 Å². The Bertz CT molecular complexity index is 630. The largest absolute Gasteiger partial charge is 0.319 e. The van der Waals surface area contributed by atoms with Crippen LogP contribution in [0.15, 0.2) is 29.3 Å². The standard InChI is InChI=1S/C16H19N3O2/c1-10-5-4-6-11(9-10)12-13(20)18-15(19-14(12)21)16(17)7-2-3-8-16/h4-6,9,12H,2-3,7-8,17H2,1H3,(H,18,19,20,21). The molecule has 3 N–H and O–H groups in total. The van der Waals surface area contributed by atoms with Crippen molar-refractivity contribution in [2.75, 3.05) is 0 Å². The number of aliphatic imine (C=N–C) groups is 1. The molecule has 1 atom stereocenters. The van der Waals surface area contributed by atoms with Gasteiger partial charge in [-0.1, -0.05) is 42.7 Å². The molecule has 0 radical (unpaired) electrons. The average Bonchev–Trinajstić information content (AvgIpc) is 2.86. The van der Waals surface area contributed by atoms with Gasteiger partial charge < -0.3 is 11.1 Å². The van der Waals surface area contributed by atoms with Crippen molar-refractivity contribution in [1.29, 1.82) is 0 Å². The van der Waals surface area contributed by atoms with Gasteiger partial charge in [-0.25, -0.2) is 0 Å². The van der Waals surface area contributed by atoms with E-state index in [4.69, 9.17) is 5.73 Å². The summed E-state index contributed by atoms with van der Waals surface area (Å²) >= 11 is 0. The molecule has 1 aromatic rings. The Kier molecular flexibility index (Phi) is 3.37. The zero-order valence-corrected chi connectivity index (χ0v) is 12.1. The molecule has 1 aliphatic carbocycles. The zero-order chi connectivity index (χ0) is 15.0. The molecule has 2 aliphatic rings. The Morgan fingerprint density at radius 3 is 2.62 bits per heavy atom. The highest BCUT2D eigenvalue weighted by Gasteiger charge is 2.42. The van der Waals surface area contributed by atoms with E-state index in [0.29, 0.717) is 11.4 Å². The second kappa shape index (κ2) is 5.07. The van der Waals surface area contributed by atoms with Crippen molar-refractivity contribution in [2.24, 2.45) is 10.7 Å². The third-order valence-electron chi connectivity index (χ3n) is 4.32. The highest BCUT2D eigenvalue weighted by atomic mass is 16.2. The lowest BCUT2D eigenvalue weighted by atomic mass is 9.91. The summed E-state index contributed by atoms with van der Waals surface area (Å²) in [5.41, 5.74) is 7.31. The normalized spacial score (nSPS) is 24.7. The molecule has 0 bridgehead atoms. The molecule has 0 aromatic heterocycles. The molecule has 3 rings (SSSR count). The van der Waals surface area contributed by atoms with Gasteiger partial charge in [0.25, 0.3) is 5.91 Å². The molecule has 1 aromatic carbocycles. The molecular formula is C16H19N3O2. The highest BCUT2D eigenvalue weighted by molar-refractivity contribution is 6.21. The first kappa shape index (κ1) is 13.9. The van der Waals surface area contributed by atoms with Gasteiger partial charge in [-0.2, -0.15) is 4.99 Å². The quantitative estimate of drug-likeness (QED) is 0.806. The smallest absolute Gasteiger partial charge is 0.264 e. The molecule has 0 spiro atoms. The predicted molar refractivity (Wildman–Crippen MR) is 79.9 cm³/mol. The average molecular weight is 285 g/mol. The number of carbonyl (C=O) groups is 2. The van der Waals surface area contributed by atoms with Crippen molar-refractivity contribution in [3.05, 3.63) is 35.4 Å². The minimum absolute atomic E-state index is 0.327. The third kappa shape index (κ3) is 2.49. The van der Waals surface area contributed by atoms with Gasteiger partial charge >= 0.3 is 0 Å². The summed E-state index contributed by atoms with van der Waals surface area (Å²) in [4.78, 5) is 28.8. The molecule has 1 unspecified atom stereocenters. The lowest BCUT2D eigenvalue weighted by molar-refractivity contribution is -0.130. The fourth-order valence-electron chi connectivity index (χ4n) is 3.13.